The van der Waals surface area contributed by atoms with Crippen LogP contribution in [0.4, 0.5) is 27.8 Å². The van der Waals surface area contributed by atoms with E-state index in [9.17, 15) is 27.1 Å². The fraction of sp³-hybridized carbons (Fsp3) is 0.0714. The molecule has 1 N–H and O–H groups in total. The van der Waals surface area contributed by atoms with Gasteiger partial charge >= 0.3 is 0 Å². The van der Waals surface area contributed by atoms with Crippen LogP contribution in [0.15, 0.2) is 65.8 Å². The van der Waals surface area contributed by atoms with Gasteiger partial charge in [-0.2, -0.15) is 8.78 Å². The van der Waals surface area contributed by atoms with E-state index in [0.29, 0.717) is 28.3 Å². The first-order valence-corrected chi connectivity index (χ1v) is 11.5. The van der Waals surface area contributed by atoms with Crippen LogP contribution in [0.5, 0.6) is 28.7 Å². The number of aromatic hydroxyl groups is 1. The van der Waals surface area contributed by atoms with Crippen molar-refractivity contribution in [2.75, 3.05) is 14.2 Å². The fourth-order valence-corrected chi connectivity index (χ4v) is 3.89. The average Bonchev–Trinajstić information content (AvgIpc) is 3.35. The summed E-state index contributed by atoms with van der Waals surface area (Å²) < 4.78 is 86.0. The van der Waals surface area contributed by atoms with Gasteiger partial charge in [-0.05, 0) is 54.1 Å². The van der Waals surface area contributed by atoms with Crippen molar-refractivity contribution in [3.63, 3.8) is 0 Å². The van der Waals surface area contributed by atoms with Crippen LogP contribution < -0.4 is 14.2 Å². The molecule has 0 amide bonds. The molecule has 7 nitrogen and oxygen atoms in total. The number of benzene rings is 3. The number of imidazole rings is 1. The lowest BCUT2D eigenvalue weighted by Crippen LogP contribution is -2.04. The predicted molar refractivity (Wildman–Crippen MR) is 135 cm³/mol. The number of phenols is 1. The minimum atomic E-state index is -2.29. The first-order chi connectivity index (χ1) is 19.2. The van der Waals surface area contributed by atoms with Crippen molar-refractivity contribution in [2.45, 2.75) is 0 Å². The lowest BCUT2D eigenvalue weighted by atomic mass is 10.1. The molecule has 12 heteroatoms. The van der Waals surface area contributed by atoms with Crippen molar-refractivity contribution in [3.8, 4) is 40.0 Å². The van der Waals surface area contributed by atoms with Crippen molar-refractivity contribution in [1.29, 1.82) is 0 Å². The summed E-state index contributed by atoms with van der Waals surface area (Å²) in [5.74, 6) is -12.0. The SMILES string of the molecule is COc1cc(-c2nc3ccccn3c2N=Cc2ccc(Oc3c(F)c(F)c(F)c(F)c3F)c(OC)c2)ccc1O. The molecule has 2 aromatic heterocycles. The van der Waals surface area contributed by atoms with Crippen molar-refractivity contribution >= 4 is 17.7 Å². The zero-order chi connectivity index (χ0) is 28.6. The number of hydrogen-bond acceptors (Lipinski definition) is 6. The molecule has 204 valence electrons. The minimum absolute atomic E-state index is 0.0413. The van der Waals surface area contributed by atoms with Gasteiger partial charge in [0.2, 0.25) is 34.8 Å². The molecule has 0 aliphatic heterocycles. The number of rotatable bonds is 7. The number of phenolic OH excluding ortho intramolecular Hbond substituents is 1. The van der Waals surface area contributed by atoms with Crippen LogP contribution in [-0.4, -0.2) is 34.9 Å². The molecule has 0 radical (unpaired) electrons. The maximum atomic E-state index is 14.1. The minimum Gasteiger partial charge on any atom is -0.504 e. The Balaban J connectivity index is 1.53. The van der Waals surface area contributed by atoms with Crippen LogP contribution in [0.25, 0.3) is 16.9 Å². The number of aromatic nitrogens is 2. The van der Waals surface area contributed by atoms with Gasteiger partial charge in [-0.3, -0.25) is 4.40 Å². The lowest BCUT2D eigenvalue weighted by Gasteiger charge is -2.13. The van der Waals surface area contributed by atoms with Gasteiger partial charge in [0.25, 0.3) is 0 Å². The first kappa shape index (κ1) is 26.5. The number of nitrogens with zero attached hydrogens (tertiary/aromatic N) is 3. The normalized spacial score (nSPS) is 11.4. The number of ether oxygens (including phenoxy) is 3. The van der Waals surface area contributed by atoms with E-state index in [1.807, 2.05) is 6.07 Å². The third-order valence-corrected chi connectivity index (χ3v) is 5.86. The summed E-state index contributed by atoms with van der Waals surface area (Å²) >= 11 is 0. The second-order valence-electron chi connectivity index (χ2n) is 8.27. The van der Waals surface area contributed by atoms with Gasteiger partial charge in [0, 0.05) is 18.0 Å². The summed E-state index contributed by atoms with van der Waals surface area (Å²) in [4.78, 5) is 9.22. The Labute approximate surface area is 223 Å². The Kier molecular flexibility index (Phi) is 6.99. The first-order valence-electron chi connectivity index (χ1n) is 11.5. The standard InChI is InChI=1S/C28H18F5N3O4/c1-38-18-12-15(7-8-16(18)37)26-28(36-10-4-3-5-20(36)35-26)34-13-14-6-9-17(19(11-14)39-2)40-27-24(32)22(30)21(29)23(31)25(27)33/h3-13,37H,1-2H3. The van der Waals surface area contributed by atoms with Gasteiger partial charge < -0.3 is 19.3 Å². The van der Waals surface area contributed by atoms with E-state index in [1.165, 1.54) is 44.7 Å². The van der Waals surface area contributed by atoms with Crippen LogP contribution in [0.1, 0.15) is 5.56 Å². The second-order valence-corrected chi connectivity index (χ2v) is 8.27. The molecule has 5 rings (SSSR count). The molecule has 0 atom stereocenters. The van der Waals surface area contributed by atoms with Crippen molar-refractivity contribution in [3.05, 3.63) is 95.4 Å². The zero-order valence-electron chi connectivity index (χ0n) is 20.8. The maximum absolute atomic E-state index is 14.1. The Morgan fingerprint density at radius 3 is 2.20 bits per heavy atom. The summed E-state index contributed by atoms with van der Waals surface area (Å²) in [6.45, 7) is 0. The average molecular weight is 555 g/mol. The van der Waals surface area contributed by atoms with Gasteiger partial charge in [0.1, 0.15) is 11.3 Å². The van der Waals surface area contributed by atoms with Gasteiger partial charge in [0.05, 0.1) is 14.2 Å². The van der Waals surface area contributed by atoms with Crippen LogP contribution in [0.3, 0.4) is 0 Å². The summed E-state index contributed by atoms with van der Waals surface area (Å²) in [5.41, 5.74) is 2.15. The lowest BCUT2D eigenvalue weighted by molar-refractivity contribution is 0.321. The fourth-order valence-electron chi connectivity index (χ4n) is 3.89. The predicted octanol–water partition coefficient (Wildman–Crippen LogP) is 6.96. The molecule has 0 aliphatic carbocycles. The smallest absolute Gasteiger partial charge is 0.207 e. The van der Waals surface area contributed by atoms with E-state index in [0.717, 1.165) is 0 Å². The largest absolute Gasteiger partial charge is 0.504 e. The maximum Gasteiger partial charge on any atom is 0.207 e. The highest BCUT2D eigenvalue weighted by molar-refractivity contribution is 5.86. The summed E-state index contributed by atoms with van der Waals surface area (Å²) in [6.07, 6.45) is 3.22. The molecule has 0 aliphatic rings. The van der Waals surface area contributed by atoms with Crippen LogP contribution in [-0.2, 0) is 0 Å². The molecule has 0 saturated carbocycles. The van der Waals surface area contributed by atoms with Gasteiger partial charge in [-0.1, -0.05) is 6.07 Å². The van der Waals surface area contributed by atoms with Gasteiger partial charge in [-0.15, -0.1) is 0 Å². The molecule has 0 saturated heterocycles. The van der Waals surface area contributed by atoms with E-state index >= 15 is 0 Å². The van der Waals surface area contributed by atoms with Crippen LogP contribution in [0.2, 0.25) is 0 Å². The number of hydrogen-bond donors (Lipinski definition) is 1. The van der Waals surface area contributed by atoms with E-state index in [1.54, 1.807) is 34.9 Å². The topological polar surface area (TPSA) is 77.6 Å². The Bertz CT molecular complexity index is 1760. The number of methoxy groups -OCH3 is 2. The molecule has 0 spiro atoms. The number of halogens is 5. The molecule has 5 aromatic rings. The van der Waals surface area contributed by atoms with Crippen LogP contribution in [0, 0.1) is 29.1 Å². The highest BCUT2D eigenvalue weighted by Crippen LogP contribution is 2.38. The quantitative estimate of drug-likeness (QED) is 0.102. The second kappa shape index (κ2) is 10.6. The molecule has 0 bridgehead atoms. The summed E-state index contributed by atoms with van der Waals surface area (Å²) in [6, 6.07) is 14.2. The Morgan fingerprint density at radius 2 is 1.50 bits per heavy atom. The highest BCUT2D eigenvalue weighted by atomic mass is 19.2. The molecule has 40 heavy (non-hydrogen) atoms. The molecule has 0 fully saturated rings. The molecule has 2 heterocycles. The van der Waals surface area contributed by atoms with E-state index < -0.39 is 34.8 Å². The molecule has 3 aromatic carbocycles. The highest BCUT2D eigenvalue weighted by Gasteiger charge is 2.28. The van der Waals surface area contributed by atoms with Crippen molar-refractivity contribution in [2.24, 2.45) is 4.99 Å². The van der Waals surface area contributed by atoms with E-state index in [4.69, 9.17) is 14.2 Å². The number of pyridine rings is 1. The number of aliphatic imine (C=N–C) groups is 1. The Hall–Kier alpha value is -5.13. The van der Waals surface area contributed by atoms with Gasteiger partial charge in [-0.25, -0.2) is 23.1 Å². The van der Waals surface area contributed by atoms with E-state index in [2.05, 4.69) is 9.98 Å². The van der Waals surface area contributed by atoms with Crippen LogP contribution >= 0.6 is 0 Å². The van der Waals surface area contributed by atoms with Crippen molar-refractivity contribution < 1.29 is 41.3 Å². The zero-order valence-corrected chi connectivity index (χ0v) is 20.8. The molecular weight excluding hydrogens is 537 g/mol. The van der Waals surface area contributed by atoms with Gasteiger partial charge in [0.15, 0.2) is 28.8 Å². The third-order valence-electron chi connectivity index (χ3n) is 5.86. The Morgan fingerprint density at radius 1 is 0.800 bits per heavy atom. The summed E-state index contributed by atoms with van der Waals surface area (Å²) in [5, 5.41) is 9.98. The molecular formula is C28H18F5N3O4. The summed E-state index contributed by atoms with van der Waals surface area (Å²) in [7, 11) is 2.66. The molecule has 0 unspecified atom stereocenters. The van der Waals surface area contributed by atoms with Crippen molar-refractivity contribution in [1.82, 2.24) is 9.38 Å². The monoisotopic (exact) mass is 555 g/mol. The third kappa shape index (κ3) is 4.64. The van der Waals surface area contributed by atoms with E-state index in [-0.39, 0.29) is 23.0 Å². The number of fused-ring (bicyclic) bond motifs is 1.